The summed E-state index contributed by atoms with van der Waals surface area (Å²) in [5.41, 5.74) is -1.70. The number of carbonyl (C=O) groups is 1. The van der Waals surface area contributed by atoms with E-state index in [1.165, 1.54) is 6.07 Å². The van der Waals surface area contributed by atoms with Gasteiger partial charge in [0.05, 0.1) is 5.56 Å². The first kappa shape index (κ1) is 13.5. The molecule has 0 atom stereocenters. The number of carbonyl (C=O) groups excluding carboxylic acids is 1. The largest absolute Gasteiger partial charge is 0.488 e. The third-order valence-electron chi connectivity index (χ3n) is 1.86. The molecule has 1 aromatic carbocycles. The minimum absolute atomic E-state index is 0.0291. The number of benzene rings is 1. The molecule has 1 rings (SSSR count). The van der Waals surface area contributed by atoms with Crippen molar-refractivity contribution in [1.29, 1.82) is 0 Å². The summed E-state index contributed by atoms with van der Waals surface area (Å²) in [6.45, 7) is 4.96. The Morgan fingerprint density at radius 1 is 1.18 bits per heavy atom. The third-order valence-corrected chi connectivity index (χ3v) is 1.86. The van der Waals surface area contributed by atoms with Crippen LogP contribution in [0.15, 0.2) is 18.2 Å². The van der Waals surface area contributed by atoms with Crippen molar-refractivity contribution < 1.29 is 22.7 Å². The van der Waals surface area contributed by atoms with Gasteiger partial charge in [-0.3, -0.25) is 4.79 Å². The van der Waals surface area contributed by atoms with Crippen LogP contribution in [0.2, 0.25) is 0 Å². The molecule has 1 aromatic rings. The lowest BCUT2D eigenvalue weighted by molar-refractivity contribution is -0.139. The molecule has 0 aliphatic heterocycles. The van der Waals surface area contributed by atoms with E-state index in [0.717, 1.165) is 12.1 Å². The minimum Gasteiger partial charge on any atom is -0.488 e. The molecule has 17 heavy (non-hydrogen) atoms. The van der Waals surface area contributed by atoms with Crippen molar-refractivity contribution in [2.45, 2.75) is 32.5 Å². The SMILES string of the molecule is CC(C)(C)Oc1ccc(C=O)cc1C(F)(F)F. The van der Waals surface area contributed by atoms with Gasteiger partial charge in [0.2, 0.25) is 0 Å². The van der Waals surface area contributed by atoms with Gasteiger partial charge in [-0.25, -0.2) is 0 Å². The van der Waals surface area contributed by atoms with Gasteiger partial charge in [0.1, 0.15) is 17.6 Å². The third kappa shape index (κ3) is 3.76. The summed E-state index contributed by atoms with van der Waals surface area (Å²) < 4.78 is 43.5. The minimum atomic E-state index is -4.54. The van der Waals surface area contributed by atoms with Gasteiger partial charge in [-0.1, -0.05) is 0 Å². The molecule has 0 saturated carbocycles. The second-order valence-electron chi connectivity index (χ2n) is 4.59. The molecule has 5 heteroatoms. The average Bonchev–Trinajstić information content (AvgIpc) is 2.14. The van der Waals surface area contributed by atoms with Crippen LogP contribution in [0.1, 0.15) is 36.7 Å². The molecule has 0 N–H and O–H groups in total. The maximum Gasteiger partial charge on any atom is 0.419 e. The Hall–Kier alpha value is -1.52. The van der Waals surface area contributed by atoms with Crippen molar-refractivity contribution in [3.63, 3.8) is 0 Å². The highest BCUT2D eigenvalue weighted by Crippen LogP contribution is 2.37. The van der Waals surface area contributed by atoms with Gasteiger partial charge in [0, 0.05) is 5.56 Å². The number of ether oxygens (including phenoxy) is 1. The highest BCUT2D eigenvalue weighted by Gasteiger charge is 2.35. The Morgan fingerprint density at radius 2 is 1.76 bits per heavy atom. The maximum absolute atomic E-state index is 12.7. The topological polar surface area (TPSA) is 26.3 Å². The summed E-state index contributed by atoms with van der Waals surface area (Å²) in [6, 6.07) is 3.25. The second kappa shape index (κ2) is 4.39. The molecule has 0 fully saturated rings. The molecule has 0 aliphatic carbocycles. The molecule has 0 aromatic heterocycles. The summed E-state index contributed by atoms with van der Waals surface area (Å²) in [4.78, 5) is 10.5. The van der Waals surface area contributed by atoms with Crippen molar-refractivity contribution in [3.05, 3.63) is 29.3 Å². The van der Waals surface area contributed by atoms with Crippen LogP contribution in [0.5, 0.6) is 5.75 Å². The molecule has 0 bridgehead atoms. The van der Waals surface area contributed by atoms with Crippen LogP contribution in [0, 0.1) is 0 Å². The first-order valence-electron chi connectivity index (χ1n) is 4.99. The normalized spacial score (nSPS) is 12.4. The lowest BCUT2D eigenvalue weighted by atomic mass is 10.1. The van der Waals surface area contributed by atoms with E-state index in [1.54, 1.807) is 20.8 Å². The molecule has 0 aliphatic rings. The van der Waals surface area contributed by atoms with Crippen LogP contribution in [0.3, 0.4) is 0 Å². The lowest BCUT2D eigenvalue weighted by Crippen LogP contribution is -2.24. The van der Waals surface area contributed by atoms with Gasteiger partial charge in [-0.2, -0.15) is 13.2 Å². The molecule has 0 unspecified atom stereocenters. The molecular formula is C12H13F3O2. The van der Waals surface area contributed by atoms with Crippen molar-refractivity contribution in [1.82, 2.24) is 0 Å². The van der Waals surface area contributed by atoms with Gasteiger partial charge in [0.25, 0.3) is 0 Å². The Kier molecular flexibility index (Phi) is 3.50. The number of aldehydes is 1. The van der Waals surface area contributed by atoms with Crippen LogP contribution in [0.4, 0.5) is 13.2 Å². The molecule has 0 amide bonds. The summed E-state index contributed by atoms with van der Waals surface area (Å²) in [6.07, 6.45) is -4.17. The molecule has 0 heterocycles. The highest BCUT2D eigenvalue weighted by atomic mass is 19.4. The maximum atomic E-state index is 12.7. The number of hydrogen-bond acceptors (Lipinski definition) is 2. The van der Waals surface area contributed by atoms with Gasteiger partial charge < -0.3 is 4.74 Å². The fourth-order valence-electron chi connectivity index (χ4n) is 1.26. The molecule has 2 nitrogen and oxygen atoms in total. The van der Waals surface area contributed by atoms with E-state index in [0.29, 0.717) is 6.29 Å². The summed E-state index contributed by atoms with van der Waals surface area (Å²) >= 11 is 0. The zero-order chi connectivity index (χ0) is 13.3. The van der Waals surface area contributed by atoms with Crippen molar-refractivity contribution in [2.24, 2.45) is 0 Å². The van der Waals surface area contributed by atoms with Crippen LogP contribution >= 0.6 is 0 Å². The van der Waals surface area contributed by atoms with Gasteiger partial charge in [-0.15, -0.1) is 0 Å². The van der Waals surface area contributed by atoms with Crippen molar-refractivity contribution in [2.75, 3.05) is 0 Å². The van der Waals surface area contributed by atoms with E-state index in [-0.39, 0.29) is 11.3 Å². The van der Waals surface area contributed by atoms with Gasteiger partial charge in [-0.05, 0) is 39.0 Å². The Balaban J connectivity index is 3.25. The zero-order valence-electron chi connectivity index (χ0n) is 9.76. The first-order valence-corrected chi connectivity index (χ1v) is 4.99. The number of hydrogen-bond donors (Lipinski definition) is 0. The van der Waals surface area contributed by atoms with Crippen LogP contribution < -0.4 is 4.74 Å². The van der Waals surface area contributed by atoms with Crippen LogP contribution in [0.25, 0.3) is 0 Å². The Bertz CT molecular complexity index is 417. The average molecular weight is 246 g/mol. The summed E-state index contributed by atoms with van der Waals surface area (Å²) in [5.74, 6) is -0.268. The van der Waals surface area contributed by atoms with E-state index in [9.17, 15) is 18.0 Å². The van der Waals surface area contributed by atoms with E-state index in [2.05, 4.69) is 0 Å². The van der Waals surface area contributed by atoms with E-state index < -0.39 is 17.3 Å². The van der Waals surface area contributed by atoms with Crippen molar-refractivity contribution >= 4 is 6.29 Å². The summed E-state index contributed by atoms with van der Waals surface area (Å²) in [5, 5.41) is 0. The molecule has 0 radical (unpaired) electrons. The molecular weight excluding hydrogens is 233 g/mol. The lowest BCUT2D eigenvalue weighted by Gasteiger charge is -2.24. The Morgan fingerprint density at radius 3 is 2.18 bits per heavy atom. The standard InChI is InChI=1S/C12H13F3O2/c1-11(2,3)17-10-5-4-8(7-16)6-9(10)12(13,14)15/h4-7H,1-3H3. The fourth-order valence-corrected chi connectivity index (χ4v) is 1.26. The van der Waals surface area contributed by atoms with Crippen molar-refractivity contribution in [3.8, 4) is 5.75 Å². The Labute approximate surface area is 97.4 Å². The van der Waals surface area contributed by atoms with E-state index in [4.69, 9.17) is 4.74 Å². The van der Waals surface area contributed by atoms with E-state index in [1.807, 2.05) is 0 Å². The van der Waals surface area contributed by atoms with Gasteiger partial charge >= 0.3 is 6.18 Å². The monoisotopic (exact) mass is 246 g/mol. The smallest absolute Gasteiger partial charge is 0.419 e. The molecule has 0 spiro atoms. The van der Waals surface area contributed by atoms with Gasteiger partial charge in [0.15, 0.2) is 0 Å². The zero-order valence-corrected chi connectivity index (χ0v) is 9.76. The first-order chi connectivity index (χ1) is 7.63. The predicted octanol–water partition coefficient (Wildman–Crippen LogP) is 3.70. The van der Waals surface area contributed by atoms with E-state index >= 15 is 0 Å². The molecule has 0 saturated heterocycles. The highest BCUT2D eigenvalue weighted by molar-refractivity contribution is 5.75. The van der Waals surface area contributed by atoms with Crippen LogP contribution in [-0.4, -0.2) is 11.9 Å². The fraction of sp³-hybridized carbons (Fsp3) is 0.417. The number of halogens is 3. The molecule has 94 valence electrons. The van der Waals surface area contributed by atoms with Crippen LogP contribution in [-0.2, 0) is 6.18 Å². The quantitative estimate of drug-likeness (QED) is 0.744. The second-order valence-corrected chi connectivity index (χ2v) is 4.59. The number of rotatable bonds is 2. The summed E-state index contributed by atoms with van der Waals surface area (Å²) in [7, 11) is 0. The predicted molar refractivity (Wildman–Crippen MR) is 57.2 cm³/mol. The number of alkyl halides is 3.